The summed E-state index contributed by atoms with van der Waals surface area (Å²) in [6.45, 7) is 2.26. The van der Waals surface area contributed by atoms with Crippen LogP contribution in [0.2, 0.25) is 5.02 Å². The van der Waals surface area contributed by atoms with Crippen LogP contribution in [0.25, 0.3) is 0 Å². The average molecular weight is 271 g/mol. The first-order valence-electron chi connectivity index (χ1n) is 6.13. The van der Waals surface area contributed by atoms with Gasteiger partial charge in [0.1, 0.15) is 5.75 Å². The molecule has 2 rings (SSSR count). The Balaban J connectivity index is 1.95. The third-order valence-corrected chi connectivity index (χ3v) is 3.60. The minimum atomic E-state index is -0.627. The van der Waals surface area contributed by atoms with E-state index in [-0.39, 0.29) is 0 Å². The van der Waals surface area contributed by atoms with E-state index in [2.05, 4.69) is 10.6 Å². The fourth-order valence-electron chi connectivity index (χ4n) is 2.11. The molecule has 1 aromatic carbocycles. The summed E-state index contributed by atoms with van der Waals surface area (Å²) in [7, 11) is 1.59. The number of benzene rings is 1. The molecule has 0 unspecified atom stereocenters. The van der Waals surface area contributed by atoms with Crippen molar-refractivity contribution in [3.05, 3.63) is 23.2 Å². The molecule has 0 amide bonds. The molecule has 0 aromatic heterocycles. The highest BCUT2D eigenvalue weighted by molar-refractivity contribution is 6.32. The molecule has 100 valence electrons. The Morgan fingerprint density at radius 2 is 2.17 bits per heavy atom. The van der Waals surface area contributed by atoms with Crippen molar-refractivity contribution in [1.82, 2.24) is 5.32 Å². The topological polar surface area (TPSA) is 53.5 Å². The smallest absolute Gasteiger partial charge is 0.137 e. The maximum absolute atomic E-state index is 10.3. The summed E-state index contributed by atoms with van der Waals surface area (Å²) in [4.78, 5) is 0. The highest BCUT2D eigenvalue weighted by Crippen LogP contribution is 2.28. The summed E-state index contributed by atoms with van der Waals surface area (Å²) < 4.78 is 5.10. The fraction of sp³-hybridized carbons (Fsp3) is 0.538. The monoisotopic (exact) mass is 270 g/mol. The number of aliphatic hydroxyl groups is 1. The molecule has 0 saturated carbocycles. The van der Waals surface area contributed by atoms with Gasteiger partial charge in [-0.2, -0.15) is 0 Å². The van der Waals surface area contributed by atoms with Gasteiger partial charge in [0.15, 0.2) is 0 Å². The van der Waals surface area contributed by atoms with Crippen LogP contribution in [0.4, 0.5) is 5.69 Å². The van der Waals surface area contributed by atoms with Gasteiger partial charge in [-0.25, -0.2) is 0 Å². The second-order valence-corrected chi connectivity index (χ2v) is 5.08. The van der Waals surface area contributed by atoms with Crippen LogP contribution in [-0.4, -0.2) is 37.5 Å². The van der Waals surface area contributed by atoms with Crippen molar-refractivity contribution in [2.75, 3.05) is 32.1 Å². The molecule has 18 heavy (non-hydrogen) atoms. The zero-order valence-electron chi connectivity index (χ0n) is 10.5. The first-order valence-corrected chi connectivity index (χ1v) is 6.51. The zero-order valence-corrected chi connectivity index (χ0v) is 11.3. The predicted octanol–water partition coefficient (Wildman–Crippen LogP) is 1.87. The van der Waals surface area contributed by atoms with Gasteiger partial charge in [0.2, 0.25) is 0 Å². The summed E-state index contributed by atoms with van der Waals surface area (Å²) in [6.07, 6.45) is 1.54. The van der Waals surface area contributed by atoms with Gasteiger partial charge in [0.05, 0.1) is 17.7 Å². The number of piperidine rings is 1. The lowest BCUT2D eigenvalue weighted by Gasteiger charge is -2.33. The molecule has 0 bridgehead atoms. The lowest BCUT2D eigenvalue weighted by atomic mass is 9.92. The van der Waals surface area contributed by atoms with Crippen LogP contribution in [0.5, 0.6) is 5.75 Å². The molecule has 1 saturated heterocycles. The fourth-order valence-corrected chi connectivity index (χ4v) is 2.37. The molecule has 1 aliphatic heterocycles. The van der Waals surface area contributed by atoms with Gasteiger partial charge in [-0.15, -0.1) is 0 Å². The number of rotatable bonds is 4. The molecule has 5 heteroatoms. The van der Waals surface area contributed by atoms with Crippen molar-refractivity contribution in [2.24, 2.45) is 0 Å². The van der Waals surface area contributed by atoms with Gasteiger partial charge in [-0.3, -0.25) is 0 Å². The van der Waals surface area contributed by atoms with E-state index in [0.717, 1.165) is 31.6 Å². The summed E-state index contributed by atoms with van der Waals surface area (Å²) in [5, 5.41) is 17.4. The first-order chi connectivity index (χ1) is 8.63. The Hall–Kier alpha value is -0.970. The predicted molar refractivity (Wildman–Crippen MR) is 73.5 cm³/mol. The number of hydrogen-bond acceptors (Lipinski definition) is 4. The van der Waals surface area contributed by atoms with Gasteiger partial charge in [0.25, 0.3) is 0 Å². The van der Waals surface area contributed by atoms with Crippen LogP contribution in [0, 0.1) is 0 Å². The molecular weight excluding hydrogens is 252 g/mol. The van der Waals surface area contributed by atoms with Crippen molar-refractivity contribution in [2.45, 2.75) is 18.4 Å². The SMILES string of the molecule is COc1ccc(NCC2(O)CCNCC2)cc1Cl. The minimum absolute atomic E-state index is 0.539. The van der Waals surface area contributed by atoms with Crippen LogP contribution in [0.15, 0.2) is 18.2 Å². The maximum Gasteiger partial charge on any atom is 0.137 e. The minimum Gasteiger partial charge on any atom is -0.495 e. The van der Waals surface area contributed by atoms with E-state index in [0.29, 0.717) is 17.3 Å². The van der Waals surface area contributed by atoms with E-state index in [1.807, 2.05) is 18.2 Å². The lowest BCUT2D eigenvalue weighted by molar-refractivity contribution is 0.0232. The Morgan fingerprint density at radius 3 is 2.78 bits per heavy atom. The van der Waals surface area contributed by atoms with E-state index < -0.39 is 5.60 Å². The maximum atomic E-state index is 10.3. The molecule has 0 radical (unpaired) electrons. The summed E-state index contributed by atoms with van der Waals surface area (Å²) in [5.41, 5.74) is 0.269. The van der Waals surface area contributed by atoms with Crippen LogP contribution in [0.3, 0.4) is 0 Å². The standard InChI is InChI=1S/C13H19ClN2O2/c1-18-12-3-2-10(8-11(12)14)16-9-13(17)4-6-15-7-5-13/h2-3,8,15-17H,4-7,9H2,1H3. The Kier molecular flexibility index (Phi) is 4.32. The number of ether oxygens (including phenoxy) is 1. The third-order valence-electron chi connectivity index (χ3n) is 3.31. The quantitative estimate of drug-likeness (QED) is 0.782. The largest absolute Gasteiger partial charge is 0.495 e. The van der Waals surface area contributed by atoms with E-state index in [1.165, 1.54) is 0 Å². The molecular formula is C13H19ClN2O2. The lowest BCUT2D eigenvalue weighted by Crippen LogP contribution is -2.46. The summed E-state index contributed by atoms with van der Waals surface area (Å²) >= 11 is 6.05. The Morgan fingerprint density at radius 1 is 1.44 bits per heavy atom. The zero-order chi connectivity index (χ0) is 13.0. The number of hydrogen-bond donors (Lipinski definition) is 3. The number of methoxy groups -OCH3 is 1. The molecule has 0 atom stereocenters. The second-order valence-electron chi connectivity index (χ2n) is 4.68. The van der Waals surface area contributed by atoms with E-state index in [1.54, 1.807) is 7.11 Å². The van der Waals surface area contributed by atoms with Crippen LogP contribution < -0.4 is 15.4 Å². The second kappa shape index (κ2) is 5.78. The summed E-state index contributed by atoms with van der Waals surface area (Å²) in [5.74, 6) is 0.655. The van der Waals surface area contributed by atoms with Crippen molar-refractivity contribution in [1.29, 1.82) is 0 Å². The van der Waals surface area contributed by atoms with Crippen molar-refractivity contribution < 1.29 is 9.84 Å². The Bertz CT molecular complexity index is 406. The summed E-state index contributed by atoms with van der Waals surface area (Å²) in [6, 6.07) is 5.52. The van der Waals surface area contributed by atoms with Gasteiger partial charge in [-0.05, 0) is 44.1 Å². The van der Waals surface area contributed by atoms with Crippen molar-refractivity contribution in [3.63, 3.8) is 0 Å². The number of nitrogens with one attached hydrogen (secondary N) is 2. The molecule has 1 aliphatic rings. The molecule has 3 N–H and O–H groups in total. The van der Waals surface area contributed by atoms with Gasteiger partial charge >= 0.3 is 0 Å². The van der Waals surface area contributed by atoms with Crippen LogP contribution in [-0.2, 0) is 0 Å². The van der Waals surface area contributed by atoms with Crippen LogP contribution >= 0.6 is 11.6 Å². The molecule has 1 heterocycles. The molecule has 0 aliphatic carbocycles. The van der Waals surface area contributed by atoms with E-state index >= 15 is 0 Å². The first kappa shape index (κ1) is 13.5. The Labute approximate surface area is 112 Å². The highest BCUT2D eigenvalue weighted by atomic mass is 35.5. The molecule has 1 aromatic rings. The van der Waals surface area contributed by atoms with E-state index in [9.17, 15) is 5.11 Å². The van der Waals surface area contributed by atoms with Crippen molar-refractivity contribution >= 4 is 17.3 Å². The van der Waals surface area contributed by atoms with Gasteiger partial charge < -0.3 is 20.5 Å². The van der Waals surface area contributed by atoms with E-state index in [4.69, 9.17) is 16.3 Å². The van der Waals surface area contributed by atoms with Crippen LogP contribution in [0.1, 0.15) is 12.8 Å². The van der Waals surface area contributed by atoms with Gasteiger partial charge in [0, 0.05) is 12.2 Å². The van der Waals surface area contributed by atoms with Gasteiger partial charge in [-0.1, -0.05) is 11.6 Å². The number of halogens is 1. The third kappa shape index (κ3) is 3.28. The molecule has 4 nitrogen and oxygen atoms in total. The average Bonchev–Trinajstić information content (AvgIpc) is 2.38. The highest BCUT2D eigenvalue weighted by Gasteiger charge is 2.28. The normalized spacial score (nSPS) is 18.4. The van der Waals surface area contributed by atoms with Crippen molar-refractivity contribution in [3.8, 4) is 5.75 Å². The number of anilines is 1. The molecule has 1 fully saturated rings. The molecule has 0 spiro atoms.